The Bertz CT molecular complexity index is 522. The van der Waals surface area contributed by atoms with Crippen LogP contribution in [0.2, 0.25) is 10.0 Å². The Morgan fingerprint density at radius 1 is 1.25 bits per heavy atom. The van der Waals surface area contributed by atoms with Crippen molar-refractivity contribution in [3.63, 3.8) is 0 Å². The van der Waals surface area contributed by atoms with Crippen molar-refractivity contribution in [1.82, 2.24) is 0 Å². The molecule has 1 aromatic heterocycles. The van der Waals surface area contributed by atoms with Gasteiger partial charge in [0.05, 0.1) is 23.8 Å². The summed E-state index contributed by atoms with van der Waals surface area (Å²) in [5.41, 5.74) is 0.956. The van der Waals surface area contributed by atoms with Crippen LogP contribution in [-0.2, 0) is 11.3 Å². The monoisotopic (exact) mass is 276 g/mol. The molecular formula is C11H10Cl2O2S. The molecule has 0 aliphatic carbocycles. The number of benzene rings is 1. The summed E-state index contributed by atoms with van der Waals surface area (Å²) in [5.74, 6) is 0. The highest BCUT2D eigenvalue weighted by molar-refractivity contribution is 7.21. The molecule has 0 saturated carbocycles. The zero-order valence-corrected chi connectivity index (χ0v) is 11.2. The fourth-order valence-electron chi connectivity index (χ4n) is 1.60. The fraction of sp³-hybridized carbons (Fsp3) is 0.273. The van der Waals surface area contributed by atoms with E-state index in [0.29, 0.717) is 16.7 Å². The zero-order valence-electron chi connectivity index (χ0n) is 8.84. The molecule has 0 saturated heterocycles. The standard InChI is InChI=1S/C11H10Cl2O2S/c1-14-5-6-9-8(16-11(6)15-2)4-3-7(12)10(9)13/h3-4H,5H2,1-2H3. The molecule has 0 aliphatic rings. The molecule has 0 unspecified atom stereocenters. The Morgan fingerprint density at radius 2 is 2.00 bits per heavy atom. The first-order chi connectivity index (χ1) is 7.69. The van der Waals surface area contributed by atoms with Crippen molar-refractivity contribution in [3.8, 4) is 5.06 Å². The first-order valence-corrected chi connectivity index (χ1v) is 6.18. The third-order valence-corrected chi connectivity index (χ3v) is 4.24. The van der Waals surface area contributed by atoms with Crippen LogP contribution in [0.4, 0.5) is 0 Å². The quantitative estimate of drug-likeness (QED) is 0.829. The van der Waals surface area contributed by atoms with Gasteiger partial charge in [0.25, 0.3) is 0 Å². The lowest BCUT2D eigenvalue weighted by Gasteiger charge is -2.03. The summed E-state index contributed by atoms with van der Waals surface area (Å²) in [5, 5.41) is 2.86. The van der Waals surface area contributed by atoms with Gasteiger partial charge in [-0.25, -0.2) is 0 Å². The van der Waals surface area contributed by atoms with E-state index in [-0.39, 0.29) is 0 Å². The molecule has 0 fully saturated rings. The van der Waals surface area contributed by atoms with Crippen molar-refractivity contribution < 1.29 is 9.47 Å². The number of rotatable bonds is 3. The maximum atomic E-state index is 6.20. The van der Waals surface area contributed by atoms with Crippen LogP contribution in [-0.4, -0.2) is 14.2 Å². The summed E-state index contributed by atoms with van der Waals surface area (Å²) in [6.45, 7) is 0.462. The van der Waals surface area contributed by atoms with Crippen LogP contribution in [0, 0.1) is 0 Å². The molecule has 5 heteroatoms. The molecule has 0 N–H and O–H groups in total. The normalized spacial score (nSPS) is 11.0. The molecule has 1 aromatic carbocycles. The fourth-order valence-corrected chi connectivity index (χ4v) is 3.13. The topological polar surface area (TPSA) is 18.5 Å². The second kappa shape index (κ2) is 4.80. The van der Waals surface area contributed by atoms with Crippen molar-refractivity contribution in [2.45, 2.75) is 6.61 Å². The average Bonchev–Trinajstić information content (AvgIpc) is 2.63. The highest BCUT2D eigenvalue weighted by atomic mass is 35.5. The average molecular weight is 277 g/mol. The van der Waals surface area contributed by atoms with Crippen molar-refractivity contribution in [2.75, 3.05) is 14.2 Å². The van der Waals surface area contributed by atoms with E-state index >= 15 is 0 Å². The lowest BCUT2D eigenvalue weighted by molar-refractivity contribution is 0.183. The van der Waals surface area contributed by atoms with Crippen LogP contribution in [0.5, 0.6) is 5.06 Å². The van der Waals surface area contributed by atoms with E-state index < -0.39 is 0 Å². The molecular weight excluding hydrogens is 267 g/mol. The van der Waals surface area contributed by atoms with E-state index in [2.05, 4.69) is 0 Å². The smallest absolute Gasteiger partial charge is 0.180 e. The zero-order chi connectivity index (χ0) is 11.7. The molecule has 2 nitrogen and oxygen atoms in total. The summed E-state index contributed by atoms with van der Waals surface area (Å²) in [7, 11) is 3.28. The van der Waals surface area contributed by atoms with E-state index in [0.717, 1.165) is 20.7 Å². The van der Waals surface area contributed by atoms with Crippen molar-refractivity contribution in [3.05, 3.63) is 27.7 Å². The van der Waals surface area contributed by atoms with Crippen LogP contribution >= 0.6 is 34.5 Å². The molecule has 86 valence electrons. The van der Waals surface area contributed by atoms with Gasteiger partial charge >= 0.3 is 0 Å². The molecule has 0 atom stereocenters. The SMILES string of the molecule is COCc1c(OC)sc2ccc(Cl)c(Cl)c12. The number of halogens is 2. The Balaban J connectivity index is 2.75. The van der Waals surface area contributed by atoms with Gasteiger partial charge in [-0.3, -0.25) is 0 Å². The van der Waals surface area contributed by atoms with Gasteiger partial charge in [0.2, 0.25) is 0 Å². The Morgan fingerprint density at radius 3 is 2.62 bits per heavy atom. The van der Waals surface area contributed by atoms with Crippen molar-refractivity contribution in [1.29, 1.82) is 0 Å². The third kappa shape index (κ3) is 1.89. The molecule has 0 amide bonds. The number of methoxy groups -OCH3 is 2. The van der Waals surface area contributed by atoms with Gasteiger partial charge in [0.1, 0.15) is 0 Å². The van der Waals surface area contributed by atoms with Gasteiger partial charge < -0.3 is 9.47 Å². The Kier molecular flexibility index (Phi) is 3.60. The lowest BCUT2D eigenvalue weighted by atomic mass is 10.2. The van der Waals surface area contributed by atoms with Crippen LogP contribution in [0.15, 0.2) is 12.1 Å². The molecule has 16 heavy (non-hydrogen) atoms. The van der Waals surface area contributed by atoms with Crippen LogP contribution < -0.4 is 4.74 Å². The van der Waals surface area contributed by atoms with Crippen molar-refractivity contribution in [2.24, 2.45) is 0 Å². The van der Waals surface area contributed by atoms with Gasteiger partial charge in [-0.15, -0.1) is 0 Å². The largest absolute Gasteiger partial charge is 0.487 e. The van der Waals surface area contributed by atoms with Gasteiger partial charge in [-0.05, 0) is 12.1 Å². The number of hydrogen-bond donors (Lipinski definition) is 0. The minimum absolute atomic E-state index is 0.462. The first kappa shape index (κ1) is 12.0. The van der Waals surface area contributed by atoms with Gasteiger partial charge in [-0.1, -0.05) is 34.5 Å². The first-order valence-electron chi connectivity index (χ1n) is 4.61. The Hall–Kier alpha value is -0.480. The van der Waals surface area contributed by atoms with Crippen LogP contribution in [0.25, 0.3) is 10.1 Å². The second-order valence-corrected chi connectivity index (χ2v) is 5.04. The van der Waals surface area contributed by atoms with E-state index in [1.54, 1.807) is 31.6 Å². The summed E-state index contributed by atoms with van der Waals surface area (Å²) < 4.78 is 11.5. The van der Waals surface area contributed by atoms with E-state index in [9.17, 15) is 0 Å². The molecule has 0 radical (unpaired) electrons. The predicted molar refractivity (Wildman–Crippen MR) is 69.1 cm³/mol. The minimum atomic E-state index is 0.462. The number of ether oxygens (including phenoxy) is 2. The molecule has 0 aliphatic heterocycles. The van der Waals surface area contributed by atoms with Gasteiger partial charge in [0, 0.05) is 22.8 Å². The van der Waals surface area contributed by atoms with Gasteiger partial charge in [0.15, 0.2) is 5.06 Å². The number of hydrogen-bond acceptors (Lipinski definition) is 3. The third-order valence-electron chi connectivity index (χ3n) is 2.28. The predicted octanol–water partition coefficient (Wildman–Crippen LogP) is 4.36. The molecule has 2 aromatic rings. The van der Waals surface area contributed by atoms with Gasteiger partial charge in [-0.2, -0.15) is 0 Å². The van der Waals surface area contributed by atoms with Crippen molar-refractivity contribution >= 4 is 44.6 Å². The highest BCUT2D eigenvalue weighted by Crippen LogP contribution is 2.43. The number of thiophene rings is 1. The molecule has 2 rings (SSSR count). The summed E-state index contributed by atoms with van der Waals surface area (Å²) >= 11 is 13.7. The summed E-state index contributed by atoms with van der Waals surface area (Å²) in [6.07, 6.45) is 0. The lowest BCUT2D eigenvalue weighted by Crippen LogP contribution is -1.90. The minimum Gasteiger partial charge on any atom is -0.487 e. The molecule has 1 heterocycles. The maximum absolute atomic E-state index is 6.20. The van der Waals surface area contributed by atoms with E-state index in [4.69, 9.17) is 32.7 Å². The van der Waals surface area contributed by atoms with E-state index in [1.807, 2.05) is 6.07 Å². The second-order valence-electron chi connectivity index (χ2n) is 3.24. The van der Waals surface area contributed by atoms with Crippen LogP contribution in [0.3, 0.4) is 0 Å². The molecule has 0 bridgehead atoms. The Labute approximate surface area is 108 Å². The summed E-state index contributed by atoms with van der Waals surface area (Å²) in [4.78, 5) is 0. The highest BCUT2D eigenvalue weighted by Gasteiger charge is 2.16. The molecule has 0 spiro atoms. The number of fused-ring (bicyclic) bond motifs is 1. The van der Waals surface area contributed by atoms with E-state index in [1.165, 1.54) is 0 Å². The maximum Gasteiger partial charge on any atom is 0.180 e. The summed E-state index contributed by atoms with van der Waals surface area (Å²) in [6, 6.07) is 3.73. The van der Waals surface area contributed by atoms with Crippen LogP contribution in [0.1, 0.15) is 5.56 Å².